The van der Waals surface area contributed by atoms with Gasteiger partial charge in [-0.3, -0.25) is 4.79 Å². The van der Waals surface area contributed by atoms with Gasteiger partial charge < -0.3 is 5.32 Å². The van der Waals surface area contributed by atoms with Crippen molar-refractivity contribution in [3.8, 4) is 0 Å². The van der Waals surface area contributed by atoms with E-state index in [2.05, 4.69) is 4.98 Å². The molecule has 1 aromatic carbocycles. The zero-order valence-corrected chi connectivity index (χ0v) is 10.4. The minimum absolute atomic E-state index is 0.0291. The topological polar surface area (TPSA) is 42.0 Å². The summed E-state index contributed by atoms with van der Waals surface area (Å²) >= 11 is 1.31. The van der Waals surface area contributed by atoms with Crippen LogP contribution in [0.3, 0.4) is 0 Å². The van der Waals surface area contributed by atoms with Crippen molar-refractivity contribution >= 4 is 33.1 Å². The lowest BCUT2D eigenvalue weighted by Gasteiger charge is -2.14. The summed E-state index contributed by atoms with van der Waals surface area (Å²) in [5.41, 5.74) is 0.683. The van der Waals surface area contributed by atoms with Gasteiger partial charge in [0.1, 0.15) is 0 Å². The van der Waals surface area contributed by atoms with Crippen LogP contribution in [0, 0.1) is 6.92 Å². The maximum atomic E-state index is 12.8. The molecule has 0 atom stereocenters. The summed E-state index contributed by atoms with van der Waals surface area (Å²) < 4.78 is 50.2. The fraction of sp³-hybridized carbons (Fsp3) is 0.273. The van der Waals surface area contributed by atoms with Gasteiger partial charge in [0.25, 0.3) is 0 Å². The minimum atomic E-state index is -4.71. The predicted molar refractivity (Wildman–Crippen MR) is 63.9 cm³/mol. The number of rotatable bonds is 3. The van der Waals surface area contributed by atoms with Crippen molar-refractivity contribution in [2.24, 2.45) is 0 Å². The van der Waals surface area contributed by atoms with E-state index < -0.39 is 18.3 Å². The van der Waals surface area contributed by atoms with Crippen LogP contribution in [0.5, 0.6) is 0 Å². The summed E-state index contributed by atoms with van der Waals surface area (Å²) in [5.74, 6) is -6.73. The smallest absolute Gasteiger partial charge is 0.321 e. The van der Waals surface area contributed by atoms with Crippen molar-refractivity contribution in [3.63, 3.8) is 0 Å². The van der Waals surface area contributed by atoms with Crippen LogP contribution in [0.2, 0.25) is 0 Å². The molecule has 0 radical (unpaired) electrons. The highest BCUT2D eigenvalue weighted by atomic mass is 32.1. The normalized spacial score (nSPS) is 12.1. The van der Waals surface area contributed by atoms with Crippen LogP contribution in [0.1, 0.15) is 5.01 Å². The van der Waals surface area contributed by atoms with Gasteiger partial charge in [-0.25, -0.2) is 13.8 Å². The van der Waals surface area contributed by atoms with Crippen LogP contribution in [-0.4, -0.2) is 23.2 Å². The Hall–Kier alpha value is -1.70. The molecular formula is C11H8F4N2OS. The summed E-state index contributed by atoms with van der Waals surface area (Å²) in [6.07, 6.45) is -4.04. The molecule has 8 heteroatoms. The molecule has 1 amide bonds. The number of anilines is 1. The van der Waals surface area contributed by atoms with Crippen LogP contribution in [0.25, 0.3) is 10.2 Å². The lowest BCUT2D eigenvalue weighted by molar-refractivity contribution is -0.163. The van der Waals surface area contributed by atoms with Crippen molar-refractivity contribution in [1.82, 2.24) is 4.98 Å². The predicted octanol–water partition coefficient (Wildman–Crippen LogP) is 3.44. The summed E-state index contributed by atoms with van der Waals surface area (Å²) in [6.45, 7) is 1.77. The molecule has 0 spiro atoms. The molecule has 2 rings (SSSR count). The van der Waals surface area contributed by atoms with Crippen molar-refractivity contribution in [1.29, 1.82) is 0 Å². The fourth-order valence-corrected chi connectivity index (χ4v) is 2.30. The largest absolute Gasteiger partial charge is 0.383 e. The highest BCUT2D eigenvalue weighted by molar-refractivity contribution is 7.18. The molecule has 1 aromatic heterocycles. The van der Waals surface area contributed by atoms with E-state index in [0.29, 0.717) is 10.2 Å². The molecule has 3 nitrogen and oxygen atoms in total. The zero-order chi connectivity index (χ0) is 14.2. The quantitative estimate of drug-likeness (QED) is 0.880. The Morgan fingerprint density at radius 3 is 2.74 bits per heavy atom. The molecule has 2 aromatic rings. The summed E-state index contributed by atoms with van der Waals surface area (Å²) in [6, 6.07) is 4.27. The molecule has 102 valence electrons. The van der Waals surface area contributed by atoms with Gasteiger partial charge in [0.15, 0.2) is 0 Å². The molecule has 0 unspecified atom stereocenters. The molecule has 0 fully saturated rings. The van der Waals surface area contributed by atoms with E-state index in [9.17, 15) is 22.4 Å². The van der Waals surface area contributed by atoms with Crippen molar-refractivity contribution < 1.29 is 22.4 Å². The van der Waals surface area contributed by atoms with Crippen LogP contribution < -0.4 is 5.32 Å². The number of carbonyl (C=O) groups excluding carboxylic acids is 1. The number of halogens is 4. The highest BCUT2D eigenvalue weighted by Crippen LogP contribution is 2.27. The Kier molecular flexibility index (Phi) is 3.44. The first-order valence-electron chi connectivity index (χ1n) is 5.15. The van der Waals surface area contributed by atoms with Gasteiger partial charge >= 0.3 is 18.3 Å². The van der Waals surface area contributed by atoms with E-state index in [4.69, 9.17) is 0 Å². The number of alkyl halides is 4. The summed E-state index contributed by atoms with van der Waals surface area (Å²) in [7, 11) is 0. The molecule has 0 saturated carbocycles. The average Bonchev–Trinajstić information content (AvgIpc) is 2.68. The number of nitrogens with zero attached hydrogens (tertiary/aromatic N) is 1. The van der Waals surface area contributed by atoms with Crippen molar-refractivity contribution in [2.75, 3.05) is 5.32 Å². The molecule has 0 aliphatic carbocycles. The Balaban J connectivity index is 2.24. The van der Waals surface area contributed by atoms with Crippen LogP contribution in [0.15, 0.2) is 18.2 Å². The number of hydrogen-bond acceptors (Lipinski definition) is 3. The van der Waals surface area contributed by atoms with Crippen LogP contribution in [0.4, 0.5) is 23.2 Å². The average molecular weight is 292 g/mol. The third-order valence-corrected chi connectivity index (χ3v) is 3.26. The van der Waals surface area contributed by atoms with Gasteiger partial charge in [-0.15, -0.1) is 11.3 Å². The van der Waals surface area contributed by atoms with E-state index in [1.54, 1.807) is 12.2 Å². The van der Waals surface area contributed by atoms with Gasteiger partial charge in [-0.1, -0.05) is 0 Å². The number of hydrogen-bond donors (Lipinski definition) is 1. The van der Waals surface area contributed by atoms with Gasteiger partial charge in [0.2, 0.25) is 0 Å². The summed E-state index contributed by atoms with van der Waals surface area (Å²) in [4.78, 5) is 15.2. The molecule has 0 aliphatic heterocycles. The van der Waals surface area contributed by atoms with Gasteiger partial charge in [-0.05, 0) is 25.1 Å². The Morgan fingerprint density at radius 2 is 2.11 bits per heavy atom. The Bertz CT molecular complexity index is 626. The monoisotopic (exact) mass is 292 g/mol. The third-order valence-electron chi connectivity index (χ3n) is 2.33. The number of benzene rings is 1. The number of thiazole rings is 1. The van der Waals surface area contributed by atoms with Crippen LogP contribution >= 0.6 is 11.3 Å². The van der Waals surface area contributed by atoms with Crippen molar-refractivity contribution in [3.05, 3.63) is 23.2 Å². The Morgan fingerprint density at radius 1 is 1.42 bits per heavy atom. The minimum Gasteiger partial charge on any atom is -0.321 e. The molecule has 19 heavy (non-hydrogen) atoms. The molecule has 1 heterocycles. The lowest BCUT2D eigenvalue weighted by Crippen LogP contribution is -2.40. The molecular weight excluding hydrogens is 284 g/mol. The number of carbonyl (C=O) groups is 1. The van der Waals surface area contributed by atoms with Gasteiger partial charge in [0, 0.05) is 5.69 Å². The number of aromatic nitrogens is 1. The second kappa shape index (κ2) is 4.76. The number of nitrogens with one attached hydrogen (secondary N) is 1. The number of fused-ring (bicyclic) bond motifs is 1. The molecule has 1 N–H and O–H groups in total. The van der Waals surface area contributed by atoms with E-state index in [1.807, 2.05) is 0 Å². The molecule has 0 saturated heterocycles. The summed E-state index contributed by atoms with van der Waals surface area (Å²) in [5, 5.41) is 2.55. The maximum Gasteiger partial charge on any atom is 0.383 e. The van der Waals surface area contributed by atoms with E-state index in [1.165, 1.54) is 29.5 Å². The highest BCUT2D eigenvalue weighted by Gasteiger charge is 2.48. The standard InChI is InChI=1S/C11H8F4N2OS/c1-5-16-7-3-2-6(4-8(7)19-5)17-10(18)11(14,15)9(12)13/h2-4,9H,1H3,(H,17,18). The first-order valence-corrected chi connectivity index (χ1v) is 5.97. The lowest BCUT2D eigenvalue weighted by atomic mass is 10.2. The second-order valence-corrected chi connectivity index (χ2v) is 5.03. The van der Waals surface area contributed by atoms with E-state index in [0.717, 1.165) is 5.01 Å². The third kappa shape index (κ3) is 2.67. The Labute approximate surface area is 109 Å². The molecule has 0 aliphatic rings. The second-order valence-electron chi connectivity index (χ2n) is 3.79. The first kappa shape index (κ1) is 13.7. The number of aryl methyl sites for hydroxylation is 1. The van der Waals surface area contributed by atoms with Crippen LogP contribution in [-0.2, 0) is 4.79 Å². The van der Waals surface area contributed by atoms with Crippen molar-refractivity contribution in [2.45, 2.75) is 19.3 Å². The van der Waals surface area contributed by atoms with E-state index >= 15 is 0 Å². The molecule has 0 bridgehead atoms. The fourth-order valence-electron chi connectivity index (χ4n) is 1.43. The van der Waals surface area contributed by atoms with Gasteiger partial charge in [0.05, 0.1) is 15.2 Å². The first-order chi connectivity index (χ1) is 8.80. The van der Waals surface area contributed by atoms with E-state index in [-0.39, 0.29) is 5.69 Å². The number of amides is 1. The SMILES string of the molecule is Cc1nc2ccc(NC(=O)C(F)(F)C(F)F)cc2s1. The zero-order valence-electron chi connectivity index (χ0n) is 9.58. The van der Waals surface area contributed by atoms with Gasteiger partial charge in [-0.2, -0.15) is 8.78 Å². The maximum absolute atomic E-state index is 12.8.